The Bertz CT molecular complexity index is 464. The van der Waals surface area contributed by atoms with E-state index in [0.29, 0.717) is 13.2 Å². The number of hydrogen-bond acceptors (Lipinski definition) is 3. The molecule has 1 aromatic carbocycles. The highest BCUT2D eigenvalue weighted by Gasteiger charge is 2.24. The van der Waals surface area contributed by atoms with E-state index >= 15 is 0 Å². The molecule has 1 fully saturated rings. The molecule has 0 aliphatic carbocycles. The SMILES string of the molecule is CCOc1ccc(C(CNC(=O)C(C)C)N2CCCC2)cc1. The van der Waals surface area contributed by atoms with Gasteiger partial charge in [-0.15, -0.1) is 0 Å². The summed E-state index contributed by atoms with van der Waals surface area (Å²) < 4.78 is 5.51. The van der Waals surface area contributed by atoms with Crippen LogP contribution in [0.5, 0.6) is 5.75 Å². The zero-order chi connectivity index (χ0) is 15.9. The highest BCUT2D eigenvalue weighted by Crippen LogP contribution is 2.26. The molecule has 1 aliphatic rings. The molecule has 22 heavy (non-hydrogen) atoms. The number of hydrogen-bond donors (Lipinski definition) is 1. The van der Waals surface area contributed by atoms with Crippen LogP contribution in [-0.4, -0.2) is 37.0 Å². The predicted octanol–water partition coefficient (Wildman–Crippen LogP) is 2.99. The third kappa shape index (κ3) is 4.47. The minimum absolute atomic E-state index is 0.0274. The van der Waals surface area contributed by atoms with Crippen LogP contribution >= 0.6 is 0 Å². The minimum atomic E-state index is 0.0274. The molecule has 1 unspecified atom stereocenters. The van der Waals surface area contributed by atoms with Crippen molar-refractivity contribution < 1.29 is 9.53 Å². The molecule has 0 bridgehead atoms. The van der Waals surface area contributed by atoms with E-state index in [1.54, 1.807) is 0 Å². The zero-order valence-electron chi connectivity index (χ0n) is 14.0. The summed E-state index contributed by atoms with van der Waals surface area (Å²) in [7, 11) is 0. The van der Waals surface area contributed by atoms with E-state index in [4.69, 9.17) is 4.74 Å². The first-order valence-electron chi connectivity index (χ1n) is 8.36. The van der Waals surface area contributed by atoms with Crippen LogP contribution in [0.15, 0.2) is 24.3 Å². The normalized spacial score (nSPS) is 16.7. The molecule has 0 aromatic heterocycles. The van der Waals surface area contributed by atoms with Gasteiger partial charge in [-0.3, -0.25) is 9.69 Å². The Kier molecular flexibility index (Phi) is 6.25. The van der Waals surface area contributed by atoms with Gasteiger partial charge in [-0.1, -0.05) is 26.0 Å². The Morgan fingerprint density at radius 1 is 1.23 bits per heavy atom. The lowest BCUT2D eigenvalue weighted by Gasteiger charge is -2.28. The Balaban J connectivity index is 2.07. The number of carbonyl (C=O) groups excluding carboxylic acids is 1. The van der Waals surface area contributed by atoms with Crippen molar-refractivity contribution in [1.29, 1.82) is 0 Å². The average Bonchev–Trinajstić information content (AvgIpc) is 3.03. The molecule has 4 nitrogen and oxygen atoms in total. The lowest BCUT2D eigenvalue weighted by molar-refractivity contribution is -0.124. The van der Waals surface area contributed by atoms with Gasteiger partial charge in [0, 0.05) is 12.5 Å². The number of likely N-dealkylation sites (tertiary alicyclic amines) is 1. The maximum Gasteiger partial charge on any atom is 0.222 e. The van der Waals surface area contributed by atoms with Crippen LogP contribution < -0.4 is 10.1 Å². The van der Waals surface area contributed by atoms with Gasteiger partial charge in [-0.2, -0.15) is 0 Å². The molecule has 1 atom stereocenters. The maximum absolute atomic E-state index is 11.9. The van der Waals surface area contributed by atoms with Crippen LogP contribution in [0.2, 0.25) is 0 Å². The molecule has 1 N–H and O–H groups in total. The van der Waals surface area contributed by atoms with Gasteiger partial charge in [0.1, 0.15) is 5.75 Å². The van der Waals surface area contributed by atoms with Crippen molar-refractivity contribution in [2.75, 3.05) is 26.2 Å². The summed E-state index contributed by atoms with van der Waals surface area (Å²) in [5.41, 5.74) is 1.24. The van der Waals surface area contributed by atoms with E-state index < -0.39 is 0 Å². The number of nitrogens with one attached hydrogen (secondary N) is 1. The summed E-state index contributed by atoms with van der Waals surface area (Å²) in [6.45, 7) is 9.41. The lowest BCUT2D eigenvalue weighted by atomic mass is 10.0. The van der Waals surface area contributed by atoms with Crippen LogP contribution in [0, 0.1) is 5.92 Å². The summed E-state index contributed by atoms with van der Waals surface area (Å²) in [5.74, 6) is 1.05. The fraction of sp³-hybridized carbons (Fsp3) is 0.611. The zero-order valence-corrected chi connectivity index (χ0v) is 14.0. The fourth-order valence-electron chi connectivity index (χ4n) is 2.87. The van der Waals surface area contributed by atoms with Crippen molar-refractivity contribution in [2.24, 2.45) is 5.92 Å². The molecular weight excluding hydrogens is 276 g/mol. The molecule has 0 saturated carbocycles. The number of carbonyl (C=O) groups is 1. The van der Waals surface area contributed by atoms with Gasteiger partial charge in [0.2, 0.25) is 5.91 Å². The highest BCUT2D eigenvalue weighted by atomic mass is 16.5. The second-order valence-electron chi connectivity index (χ2n) is 6.16. The van der Waals surface area contributed by atoms with Gasteiger partial charge in [0.15, 0.2) is 0 Å². The quantitative estimate of drug-likeness (QED) is 0.842. The van der Waals surface area contributed by atoms with Gasteiger partial charge in [0.25, 0.3) is 0 Å². The molecule has 2 rings (SSSR count). The van der Waals surface area contributed by atoms with Crippen molar-refractivity contribution in [3.63, 3.8) is 0 Å². The lowest BCUT2D eigenvalue weighted by Crippen LogP contribution is -2.38. The molecule has 1 saturated heterocycles. The third-order valence-electron chi connectivity index (χ3n) is 4.15. The summed E-state index contributed by atoms with van der Waals surface area (Å²) >= 11 is 0. The van der Waals surface area contributed by atoms with E-state index in [0.717, 1.165) is 18.8 Å². The molecule has 1 aliphatic heterocycles. The number of amides is 1. The third-order valence-corrected chi connectivity index (χ3v) is 4.15. The topological polar surface area (TPSA) is 41.6 Å². The van der Waals surface area contributed by atoms with E-state index in [9.17, 15) is 4.79 Å². The molecule has 4 heteroatoms. The van der Waals surface area contributed by atoms with Crippen LogP contribution in [0.3, 0.4) is 0 Å². The first kappa shape index (κ1) is 16.8. The number of ether oxygens (including phenoxy) is 1. The Labute approximate surface area is 133 Å². The summed E-state index contributed by atoms with van der Waals surface area (Å²) in [4.78, 5) is 14.4. The standard InChI is InChI=1S/C18H28N2O2/c1-4-22-16-9-7-15(8-10-16)17(20-11-5-6-12-20)13-19-18(21)14(2)3/h7-10,14,17H,4-6,11-13H2,1-3H3,(H,19,21). The van der Waals surface area contributed by atoms with Crippen molar-refractivity contribution in [2.45, 2.75) is 39.7 Å². The fourth-order valence-corrected chi connectivity index (χ4v) is 2.87. The van der Waals surface area contributed by atoms with E-state index in [1.165, 1.54) is 18.4 Å². The molecule has 1 amide bonds. The summed E-state index contributed by atoms with van der Waals surface area (Å²) in [6.07, 6.45) is 2.48. The van der Waals surface area contributed by atoms with Gasteiger partial charge in [0.05, 0.1) is 12.6 Å². The molecule has 0 radical (unpaired) electrons. The number of benzene rings is 1. The monoisotopic (exact) mass is 304 g/mol. The van der Waals surface area contributed by atoms with E-state index in [2.05, 4.69) is 22.3 Å². The smallest absolute Gasteiger partial charge is 0.222 e. The van der Waals surface area contributed by atoms with Crippen LogP contribution in [0.25, 0.3) is 0 Å². The molecule has 0 spiro atoms. The van der Waals surface area contributed by atoms with E-state index in [1.807, 2.05) is 32.9 Å². The van der Waals surface area contributed by atoms with Crippen LogP contribution in [0.1, 0.15) is 45.2 Å². The van der Waals surface area contributed by atoms with E-state index in [-0.39, 0.29) is 17.9 Å². The second kappa shape index (κ2) is 8.18. The minimum Gasteiger partial charge on any atom is -0.494 e. The van der Waals surface area contributed by atoms with Crippen molar-refractivity contribution in [3.05, 3.63) is 29.8 Å². The number of rotatable bonds is 7. The highest BCUT2D eigenvalue weighted by molar-refractivity contribution is 5.77. The Morgan fingerprint density at radius 2 is 1.86 bits per heavy atom. The molecule has 1 heterocycles. The predicted molar refractivity (Wildman–Crippen MR) is 89.0 cm³/mol. The average molecular weight is 304 g/mol. The van der Waals surface area contributed by atoms with Gasteiger partial charge >= 0.3 is 0 Å². The van der Waals surface area contributed by atoms with Crippen LogP contribution in [-0.2, 0) is 4.79 Å². The molecular formula is C18H28N2O2. The first-order chi connectivity index (χ1) is 10.6. The molecule has 1 aromatic rings. The summed E-state index contributed by atoms with van der Waals surface area (Å²) in [5, 5.41) is 3.09. The van der Waals surface area contributed by atoms with Gasteiger partial charge in [-0.25, -0.2) is 0 Å². The summed E-state index contributed by atoms with van der Waals surface area (Å²) in [6, 6.07) is 8.53. The van der Waals surface area contributed by atoms with Gasteiger partial charge < -0.3 is 10.1 Å². The Hall–Kier alpha value is -1.55. The Morgan fingerprint density at radius 3 is 2.41 bits per heavy atom. The maximum atomic E-state index is 11.9. The second-order valence-corrected chi connectivity index (χ2v) is 6.16. The van der Waals surface area contributed by atoms with Crippen LogP contribution in [0.4, 0.5) is 0 Å². The number of nitrogens with zero attached hydrogens (tertiary/aromatic N) is 1. The largest absolute Gasteiger partial charge is 0.494 e. The first-order valence-corrected chi connectivity index (χ1v) is 8.36. The van der Waals surface area contributed by atoms with Gasteiger partial charge in [-0.05, 0) is 50.6 Å². The molecule has 122 valence electrons. The van der Waals surface area contributed by atoms with Crippen molar-refractivity contribution in [3.8, 4) is 5.75 Å². The van der Waals surface area contributed by atoms with Crippen molar-refractivity contribution in [1.82, 2.24) is 10.2 Å². The van der Waals surface area contributed by atoms with Crippen molar-refractivity contribution >= 4 is 5.91 Å².